The predicted molar refractivity (Wildman–Crippen MR) is 94.8 cm³/mol. The molecule has 0 aliphatic heterocycles. The Bertz CT molecular complexity index is 820. The van der Waals surface area contributed by atoms with Crippen molar-refractivity contribution in [3.8, 4) is 0 Å². The maximum absolute atomic E-state index is 13.0. The van der Waals surface area contributed by atoms with Gasteiger partial charge in [-0.15, -0.1) is 0 Å². The molecule has 0 radical (unpaired) electrons. The summed E-state index contributed by atoms with van der Waals surface area (Å²) < 4.78 is 65.8. The van der Waals surface area contributed by atoms with E-state index in [0.717, 1.165) is 10.4 Å². The zero-order chi connectivity index (χ0) is 20.5. The molecule has 0 fully saturated rings. The molecule has 0 saturated heterocycles. The molecule has 27 heavy (non-hydrogen) atoms. The van der Waals surface area contributed by atoms with Crippen LogP contribution in [0.25, 0.3) is 0 Å². The maximum Gasteiger partial charge on any atom is 0.417 e. The van der Waals surface area contributed by atoms with Crippen LogP contribution in [0.3, 0.4) is 0 Å². The lowest BCUT2D eigenvalue weighted by Crippen LogP contribution is -2.48. The summed E-state index contributed by atoms with van der Waals surface area (Å²) in [6.45, 7) is 1.51. The minimum atomic E-state index is -4.82. The number of hydrogen-bond acceptors (Lipinski definition) is 4. The van der Waals surface area contributed by atoms with E-state index in [1.807, 2.05) is 6.08 Å². The van der Waals surface area contributed by atoms with E-state index in [-0.39, 0.29) is 23.4 Å². The van der Waals surface area contributed by atoms with Gasteiger partial charge in [0.1, 0.15) is 5.78 Å². The first-order valence-corrected chi connectivity index (χ1v) is 9.86. The van der Waals surface area contributed by atoms with Gasteiger partial charge in [0.25, 0.3) is 10.0 Å². The second-order valence-electron chi connectivity index (χ2n) is 6.79. The van der Waals surface area contributed by atoms with Crippen molar-refractivity contribution < 1.29 is 31.5 Å². The van der Waals surface area contributed by atoms with Crippen LogP contribution in [0.2, 0.25) is 0 Å². The van der Waals surface area contributed by atoms with Crippen molar-refractivity contribution in [3.05, 3.63) is 47.1 Å². The van der Waals surface area contributed by atoms with E-state index in [0.29, 0.717) is 13.3 Å². The van der Waals surface area contributed by atoms with Gasteiger partial charge in [-0.3, -0.25) is 9.10 Å². The Morgan fingerprint density at radius 1 is 1.37 bits per heavy atom. The highest BCUT2D eigenvalue weighted by molar-refractivity contribution is 7.93. The lowest BCUT2D eigenvalue weighted by molar-refractivity contribution is -0.266. The molecule has 0 heterocycles. The van der Waals surface area contributed by atoms with Crippen LogP contribution in [-0.2, 0) is 14.8 Å². The third kappa shape index (κ3) is 4.52. The highest BCUT2D eigenvalue weighted by Crippen LogP contribution is 2.40. The first kappa shape index (κ1) is 21.4. The Kier molecular flexibility index (Phi) is 6.06. The first-order valence-electron chi connectivity index (χ1n) is 8.42. The van der Waals surface area contributed by atoms with Crippen molar-refractivity contribution in [2.24, 2.45) is 5.92 Å². The average Bonchev–Trinajstić information content (AvgIpc) is 2.59. The van der Waals surface area contributed by atoms with Crippen molar-refractivity contribution in [2.75, 3.05) is 6.54 Å². The third-order valence-corrected chi connectivity index (χ3v) is 6.55. The smallest absolute Gasteiger partial charge is 0.380 e. The predicted octanol–water partition coefficient (Wildman–Crippen LogP) is 3.21. The minimum Gasteiger partial charge on any atom is -0.380 e. The van der Waals surface area contributed by atoms with Gasteiger partial charge >= 0.3 is 6.18 Å². The van der Waals surface area contributed by atoms with Gasteiger partial charge in [-0.2, -0.15) is 13.2 Å². The van der Waals surface area contributed by atoms with E-state index in [1.54, 1.807) is 6.08 Å². The molecule has 1 N–H and O–H groups in total. The molecule has 5 nitrogen and oxygen atoms in total. The summed E-state index contributed by atoms with van der Waals surface area (Å²) in [6.07, 6.45) is 4.36. The van der Waals surface area contributed by atoms with Crippen molar-refractivity contribution >= 4 is 15.8 Å². The lowest BCUT2D eigenvalue weighted by atomic mass is 9.83. The fraction of sp³-hybridized carbons (Fsp3) is 0.500. The van der Waals surface area contributed by atoms with E-state index in [4.69, 9.17) is 0 Å². The van der Waals surface area contributed by atoms with E-state index < -0.39 is 40.0 Å². The Morgan fingerprint density at radius 3 is 2.48 bits per heavy atom. The molecule has 9 heteroatoms. The van der Waals surface area contributed by atoms with Crippen LogP contribution >= 0.6 is 0 Å². The fourth-order valence-corrected chi connectivity index (χ4v) is 4.55. The average molecular weight is 405 g/mol. The summed E-state index contributed by atoms with van der Waals surface area (Å²) in [5.74, 6) is -1.65. The molecule has 0 aromatic rings. The van der Waals surface area contributed by atoms with Gasteiger partial charge in [0.2, 0.25) is 0 Å². The number of carbonyl (C=O) groups is 1. The van der Waals surface area contributed by atoms with Crippen molar-refractivity contribution in [3.63, 3.8) is 0 Å². The summed E-state index contributed by atoms with van der Waals surface area (Å²) >= 11 is 0. The largest absolute Gasteiger partial charge is 0.417 e. The number of sulfonamides is 1. The van der Waals surface area contributed by atoms with E-state index in [1.165, 1.54) is 25.2 Å². The van der Waals surface area contributed by atoms with Gasteiger partial charge < -0.3 is 5.11 Å². The molecule has 0 spiro atoms. The van der Waals surface area contributed by atoms with Gasteiger partial charge in [-0.25, -0.2) is 8.42 Å². The summed E-state index contributed by atoms with van der Waals surface area (Å²) in [5, 5.41) is 9.80. The Morgan fingerprint density at radius 2 is 2.04 bits per heavy atom. The number of aliphatic hydroxyl groups is 1. The van der Waals surface area contributed by atoms with E-state index in [2.05, 4.69) is 0 Å². The number of hydrogen-bond donors (Lipinski definition) is 1. The van der Waals surface area contributed by atoms with E-state index >= 15 is 0 Å². The second kappa shape index (κ2) is 7.63. The zero-order valence-electron chi connectivity index (χ0n) is 15.0. The van der Waals surface area contributed by atoms with Gasteiger partial charge in [0, 0.05) is 11.6 Å². The molecule has 2 unspecified atom stereocenters. The third-order valence-electron chi connectivity index (χ3n) is 4.63. The van der Waals surface area contributed by atoms with Gasteiger partial charge in [0.15, 0.2) is 5.60 Å². The zero-order valence-corrected chi connectivity index (χ0v) is 15.8. The Labute approximate surface area is 156 Å². The summed E-state index contributed by atoms with van der Waals surface area (Å²) in [5.41, 5.74) is -2.82. The maximum atomic E-state index is 13.0. The van der Waals surface area contributed by atoms with Crippen LogP contribution in [0.15, 0.2) is 47.1 Å². The minimum absolute atomic E-state index is 0.120. The summed E-state index contributed by atoms with van der Waals surface area (Å²) in [7, 11) is -3.98. The number of rotatable bonds is 6. The fourth-order valence-electron chi connectivity index (χ4n) is 2.88. The van der Waals surface area contributed by atoms with Crippen molar-refractivity contribution in [1.29, 1.82) is 0 Å². The molecule has 0 aromatic heterocycles. The first-order chi connectivity index (χ1) is 12.4. The van der Waals surface area contributed by atoms with Crippen LogP contribution in [-0.4, -0.2) is 41.9 Å². The van der Waals surface area contributed by atoms with Crippen molar-refractivity contribution in [2.45, 2.75) is 44.9 Å². The van der Waals surface area contributed by atoms with Crippen LogP contribution in [0, 0.1) is 5.92 Å². The Hall–Kier alpha value is -1.87. The quantitative estimate of drug-likeness (QED) is 0.736. The molecule has 150 valence electrons. The molecule has 0 saturated carbocycles. The number of allylic oxidation sites excluding steroid dienone is 6. The molecule has 2 rings (SSSR count). The number of ketones is 1. The molecule has 2 aliphatic rings. The van der Waals surface area contributed by atoms with E-state index in [9.17, 15) is 31.5 Å². The van der Waals surface area contributed by atoms with Crippen LogP contribution < -0.4 is 0 Å². The molecule has 2 aliphatic carbocycles. The molecule has 2 atom stereocenters. The summed E-state index contributed by atoms with van der Waals surface area (Å²) in [6, 6.07) is 0. The molecule has 0 amide bonds. The standard InChI is InChI=1S/C18H22F3NO4S/c1-13(23)12-22(27(25,26)16-6-4-3-5-7-16)15-10-8-14(9-11-15)17(2,24)18(19,20)21/h3-4,6,8,10-11,14,24H,5,7,9,12H2,1-2H3. The molecular weight excluding hydrogens is 383 g/mol. The van der Waals surface area contributed by atoms with Crippen LogP contribution in [0.1, 0.15) is 33.1 Å². The highest BCUT2D eigenvalue weighted by Gasteiger charge is 2.54. The van der Waals surface area contributed by atoms with Gasteiger partial charge in [-0.1, -0.05) is 24.3 Å². The second-order valence-corrected chi connectivity index (χ2v) is 8.70. The number of halogens is 3. The SMILES string of the molecule is CC(=O)CN(C1=CCC(C(C)(O)C(F)(F)F)C=C1)S(=O)(=O)C1=CC=CCC1. The number of carbonyl (C=O) groups excluding carboxylic acids is 1. The van der Waals surface area contributed by atoms with Crippen molar-refractivity contribution in [1.82, 2.24) is 4.31 Å². The van der Waals surface area contributed by atoms with Crippen LogP contribution in [0.4, 0.5) is 13.2 Å². The topological polar surface area (TPSA) is 74.7 Å². The molecular formula is C18H22F3NO4S. The normalized spacial score (nSPS) is 22.7. The lowest BCUT2D eigenvalue weighted by Gasteiger charge is -2.35. The van der Waals surface area contributed by atoms with Gasteiger partial charge in [0.05, 0.1) is 11.4 Å². The number of nitrogens with zero attached hydrogens (tertiary/aromatic N) is 1. The number of alkyl halides is 3. The summed E-state index contributed by atoms with van der Waals surface area (Å²) in [4.78, 5) is 11.7. The number of Topliss-reactive ketones (excluding diaryl/α,β-unsaturated/α-hetero) is 1. The highest BCUT2D eigenvalue weighted by atomic mass is 32.2. The van der Waals surface area contributed by atoms with Gasteiger partial charge in [-0.05, 0) is 45.3 Å². The molecule has 0 bridgehead atoms. The van der Waals surface area contributed by atoms with Crippen LogP contribution in [0.5, 0.6) is 0 Å². The monoisotopic (exact) mass is 405 g/mol. The Balaban J connectivity index is 2.32. The molecule has 0 aromatic carbocycles.